The van der Waals surface area contributed by atoms with E-state index in [1.165, 1.54) is 37.1 Å². The van der Waals surface area contributed by atoms with Gasteiger partial charge in [-0.3, -0.25) is 9.88 Å². The second kappa shape index (κ2) is 7.16. The van der Waals surface area contributed by atoms with Crippen molar-refractivity contribution in [2.75, 3.05) is 20.1 Å². The lowest BCUT2D eigenvalue weighted by atomic mass is 10.0. The molecule has 0 radical (unpaired) electrons. The van der Waals surface area contributed by atoms with Crippen LogP contribution in [0.2, 0.25) is 0 Å². The van der Waals surface area contributed by atoms with Gasteiger partial charge in [0.25, 0.3) is 0 Å². The molecular weight excluding hydrogens is 278 g/mol. The topological polar surface area (TPSA) is 19.4 Å². The van der Waals surface area contributed by atoms with Gasteiger partial charge in [0.05, 0.1) is 0 Å². The molecule has 112 valence electrons. The van der Waals surface area contributed by atoms with E-state index in [2.05, 4.69) is 44.7 Å². The smallest absolute Gasteiger partial charge is 0.0312 e. The van der Waals surface area contributed by atoms with Gasteiger partial charge < -0.3 is 4.90 Å². The molecule has 21 heavy (non-hydrogen) atoms. The van der Waals surface area contributed by atoms with Crippen molar-refractivity contribution >= 4 is 11.3 Å². The predicted molar refractivity (Wildman–Crippen MR) is 88.3 cm³/mol. The van der Waals surface area contributed by atoms with E-state index in [1.54, 1.807) is 11.3 Å². The zero-order valence-electron chi connectivity index (χ0n) is 12.6. The van der Waals surface area contributed by atoms with Crippen LogP contribution >= 0.6 is 11.3 Å². The van der Waals surface area contributed by atoms with E-state index in [0.717, 1.165) is 13.1 Å². The molecule has 0 atom stereocenters. The number of likely N-dealkylation sites (tertiary alicyclic amines) is 1. The SMILES string of the molecule is CN1CCC(N(Cc2cccnc2)Cc2ccsc2)CC1. The molecule has 0 N–H and O–H groups in total. The summed E-state index contributed by atoms with van der Waals surface area (Å²) in [6.07, 6.45) is 6.37. The largest absolute Gasteiger partial charge is 0.306 e. The summed E-state index contributed by atoms with van der Waals surface area (Å²) in [7, 11) is 2.22. The van der Waals surface area contributed by atoms with Crippen molar-refractivity contribution in [2.24, 2.45) is 0 Å². The average molecular weight is 301 g/mol. The monoisotopic (exact) mass is 301 g/mol. The molecule has 0 bridgehead atoms. The summed E-state index contributed by atoms with van der Waals surface area (Å²) < 4.78 is 0. The summed E-state index contributed by atoms with van der Waals surface area (Å²) in [4.78, 5) is 9.32. The van der Waals surface area contributed by atoms with E-state index in [1.807, 2.05) is 18.5 Å². The number of rotatable bonds is 5. The highest BCUT2D eigenvalue weighted by atomic mass is 32.1. The Labute approximate surface area is 131 Å². The van der Waals surface area contributed by atoms with Gasteiger partial charge in [0.1, 0.15) is 0 Å². The van der Waals surface area contributed by atoms with Crippen LogP contribution in [-0.2, 0) is 13.1 Å². The van der Waals surface area contributed by atoms with Crippen molar-refractivity contribution < 1.29 is 0 Å². The average Bonchev–Trinajstić information content (AvgIpc) is 3.01. The van der Waals surface area contributed by atoms with Crippen LogP contribution in [0.5, 0.6) is 0 Å². The normalized spacial score (nSPS) is 17.4. The first kappa shape index (κ1) is 14.7. The molecular formula is C17H23N3S. The van der Waals surface area contributed by atoms with Gasteiger partial charge in [-0.05, 0) is 67.0 Å². The molecule has 1 aliphatic rings. The maximum absolute atomic E-state index is 4.26. The lowest BCUT2D eigenvalue weighted by Gasteiger charge is -2.37. The third-order valence-corrected chi connectivity index (χ3v) is 5.01. The zero-order chi connectivity index (χ0) is 14.5. The molecule has 3 heterocycles. The van der Waals surface area contributed by atoms with Crippen molar-refractivity contribution in [3.63, 3.8) is 0 Å². The van der Waals surface area contributed by atoms with Crippen LogP contribution in [0.1, 0.15) is 24.0 Å². The van der Waals surface area contributed by atoms with Crippen LogP contribution in [0, 0.1) is 0 Å². The Morgan fingerprint density at radius 2 is 2.05 bits per heavy atom. The second-order valence-electron chi connectivity index (χ2n) is 5.93. The van der Waals surface area contributed by atoms with E-state index in [0.29, 0.717) is 6.04 Å². The number of hydrogen-bond donors (Lipinski definition) is 0. The quantitative estimate of drug-likeness (QED) is 0.845. The molecule has 0 aliphatic carbocycles. The van der Waals surface area contributed by atoms with E-state index in [-0.39, 0.29) is 0 Å². The molecule has 0 amide bonds. The van der Waals surface area contributed by atoms with Crippen molar-refractivity contribution in [1.29, 1.82) is 0 Å². The molecule has 3 nitrogen and oxygen atoms in total. The summed E-state index contributed by atoms with van der Waals surface area (Å²) >= 11 is 1.79. The predicted octanol–water partition coefficient (Wildman–Crippen LogP) is 3.24. The first-order valence-electron chi connectivity index (χ1n) is 7.64. The number of aromatic nitrogens is 1. The maximum atomic E-state index is 4.26. The summed E-state index contributed by atoms with van der Waals surface area (Å²) in [5, 5.41) is 4.44. The van der Waals surface area contributed by atoms with Crippen LogP contribution in [0.3, 0.4) is 0 Å². The molecule has 2 aromatic rings. The van der Waals surface area contributed by atoms with Crippen molar-refractivity contribution in [1.82, 2.24) is 14.8 Å². The van der Waals surface area contributed by atoms with E-state index in [4.69, 9.17) is 0 Å². The minimum absolute atomic E-state index is 0.682. The second-order valence-corrected chi connectivity index (χ2v) is 6.71. The fourth-order valence-electron chi connectivity index (χ4n) is 3.02. The third-order valence-electron chi connectivity index (χ3n) is 4.28. The van der Waals surface area contributed by atoms with Crippen LogP contribution < -0.4 is 0 Å². The molecule has 1 fully saturated rings. The van der Waals surface area contributed by atoms with Gasteiger partial charge in [-0.25, -0.2) is 0 Å². The molecule has 1 saturated heterocycles. The highest BCUT2D eigenvalue weighted by molar-refractivity contribution is 7.07. The van der Waals surface area contributed by atoms with Gasteiger partial charge >= 0.3 is 0 Å². The Bertz CT molecular complexity index is 518. The van der Waals surface area contributed by atoms with Gasteiger partial charge in [0, 0.05) is 31.5 Å². The van der Waals surface area contributed by atoms with Gasteiger partial charge in [-0.1, -0.05) is 6.07 Å². The van der Waals surface area contributed by atoms with E-state index < -0.39 is 0 Å². The Hall–Kier alpha value is -1.23. The summed E-state index contributed by atoms with van der Waals surface area (Å²) in [5.41, 5.74) is 2.74. The van der Waals surface area contributed by atoms with Crippen molar-refractivity contribution in [3.8, 4) is 0 Å². The highest BCUT2D eigenvalue weighted by Crippen LogP contribution is 2.21. The molecule has 0 spiro atoms. The van der Waals surface area contributed by atoms with E-state index >= 15 is 0 Å². The van der Waals surface area contributed by atoms with Gasteiger partial charge in [0.15, 0.2) is 0 Å². The maximum Gasteiger partial charge on any atom is 0.0312 e. The number of piperidine rings is 1. The summed E-state index contributed by atoms with van der Waals surface area (Å²) in [5.74, 6) is 0. The van der Waals surface area contributed by atoms with Gasteiger partial charge in [0.2, 0.25) is 0 Å². The summed E-state index contributed by atoms with van der Waals surface area (Å²) in [6, 6.07) is 7.15. The summed E-state index contributed by atoms with van der Waals surface area (Å²) in [6.45, 7) is 4.46. The first-order chi connectivity index (χ1) is 10.3. The van der Waals surface area contributed by atoms with Gasteiger partial charge in [-0.2, -0.15) is 11.3 Å². The van der Waals surface area contributed by atoms with Crippen LogP contribution in [0.15, 0.2) is 41.4 Å². The fourth-order valence-corrected chi connectivity index (χ4v) is 3.68. The zero-order valence-corrected chi connectivity index (χ0v) is 13.4. The number of nitrogens with zero attached hydrogens (tertiary/aromatic N) is 3. The van der Waals surface area contributed by atoms with Crippen LogP contribution in [0.4, 0.5) is 0 Å². The van der Waals surface area contributed by atoms with Crippen molar-refractivity contribution in [3.05, 3.63) is 52.5 Å². The minimum Gasteiger partial charge on any atom is -0.306 e. The van der Waals surface area contributed by atoms with Crippen LogP contribution in [0.25, 0.3) is 0 Å². The molecule has 0 unspecified atom stereocenters. The highest BCUT2D eigenvalue weighted by Gasteiger charge is 2.23. The Balaban J connectivity index is 1.71. The fraction of sp³-hybridized carbons (Fsp3) is 0.471. The van der Waals surface area contributed by atoms with Crippen molar-refractivity contribution in [2.45, 2.75) is 32.0 Å². The Morgan fingerprint density at radius 1 is 1.24 bits per heavy atom. The molecule has 3 rings (SSSR count). The first-order valence-corrected chi connectivity index (χ1v) is 8.58. The Morgan fingerprint density at radius 3 is 2.71 bits per heavy atom. The lowest BCUT2D eigenvalue weighted by Crippen LogP contribution is -2.43. The van der Waals surface area contributed by atoms with Crippen LogP contribution in [-0.4, -0.2) is 41.0 Å². The van der Waals surface area contributed by atoms with E-state index in [9.17, 15) is 0 Å². The number of pyridine rings is 1. The molecule has 0 saturated carbocycles. The minimum atomic E-state index is 0.682. The molecule has 0 aromatic carbocycles. The number of hydrogen-bond acceptors (Lipinski definition) is 4. The molecule has 2 aromatic heterocycles. The third kappa shape index (κ3) is 4.13. The lowest BCUT2D eigenvalue weighted by molar-refractivity contribution is 0.108. The molecule has 1 aliphatic heterocycles. The molecule has 4 heteroatoms. The standard InChI is InChI=1S/C17H23N3S/c1-19-8-4-17(5-9-19)20(13-16-6-10-21-14-16)12-15-3-2-7-18-11-15/h2-3,6-7,10-11,14,17H,4-5,8-9,12-13H2,1H3. The Kier molecular flexibility index (Phi) is 5.01. The number of thiophene rings is 1. The van der Waals surface area contributed by atoms with Gasteiger partial charge in [-0.15, -0.1) is 0 Å².